The van der Waals surface area contributed by atoms with Crippen LogP contribution in [0.2, 0.25) is 0 Å². The van der Waals surface area contributed by atoms with Crippen LogP contribution in [0.25, 0.3) is 0 Å². The molecule has 1 aliphatic carbocycles. The molecule has 0 saturated carbocycles. The molecule has 2 aromatic rings. The highest BCUT2D eigenvalue weighted by Gasteiger charge is 2.40. The molecule has 2 atom stereocenters. The Morgan fingerprint density at radius 1 is 1.11 bits per heavy atom. The van der Waals surface area contributed by atoms with E-state index in [0.29, 0.717) is 11.3 Å². The number of anilines is 2. The molecule has 0 bridgehead atoms. The highest BCUT2D eigenvalue weighted by atomic mass is 79.9. The van der Waals surface area contributed by atoms with E-state index >= 15 is 0 Å². The molecule has 11 heteroatoms. The van der Waals surface area contributed by atoms with Crippen LogP contribution in [0, 0.1) is 11.3 Å². The molecule has 0 radical (unpaired) electrons. The third-order valence-electron chi connectivity index (χ3n) is 4.93. The average Bonchev–Trinajstić information content (AvgIpc) is 3.09. The number of nitrogens with zero attached hydrogens (tertiary/aromatic N) is 3. The Hall–Kier alpha value is -2.40. The molecular weight excluding hydrogens is 547 g/mol. The second-order valence-corrected chi connectivity index (χ2v) is 12.3. The number of amides is 1. The molecule has 2 aromatic heterocycles. The van der Waals surface area contributed by atoms with Gasteiger partial charge in [-0.1, -0.05) is 50.3 Å². The number of ether oxygens (including phenoxy) is 2. The summed E-state index contributed by atoms with van der Waals surface area (Å²) in [6, 6.07) is 3.09. The second-order valence-electron chi connectivity index (χ2n) is 10.0. The van der Waals surface area contributed by atoms with Gasteiger partial charge < -0.3 is 9.47 Å². The van der Waals surface area contributed by atoms with Crippen LogP contribution in [0.4, 0.5) is 28.8 Å². The van der Waals surface area contributed by atoms with Crippen molar-refractivity contribution in [1.29, 1.82) is 0 Å². The molecule has 0 aromatic carbocycles. The first kappa shape index (κ1) is 27.2. The summed E-state index contributed by atoms with van der Waals surface area (Å²) in [6.45, 7) is 11.2. The van der Waals surface area contributed by atoms with Gasteiger partial charge in [-0.2, -0.15) is 13.2 Å². The number of pyridine rings is 1. The van der Waals surface area contributed by atoms with Gasteiger partial charge in [0.2, 0.25) is 11.0 Å². The zero-order valence-electron chi connectivity index (χ0n) is 20.2. The molecule has 0 aliphatic heterocycles. The van der Waals surface area contributed by atoms with Gasteiger partial charge in [0.05, 0.1) is 0 Å². The lowest BCUT2D eigenvalue weighted by atomic mass is 9.75. The highest BCUT2D eigenvalue weighted by Crippen LogP contribution is 2.44. The van der Waals surface area contributed by atoms with Gasteiger partial charge in [-0.3, -0.25) is 0 Å². The number of carbonyl (C=O) groups excluding carboxylic acids is 1. The molecule has 2 unspecified atom stereocenters. The first-order chi connectivity index (χ1) is 16.1. The lowest BCUT2D eigenvalue weighted by Gasteiger charge is -2.35. The van der Waals surface area contributed by atoms with Crippen LogP contribution >= 0.6 is 27.3 Å². The van der Waals surface area contributed by atoms with E-state index < -0.39 is 29.7 Å². The summed E-state index contributed by atoms with van der Waals surface area (Å²) in [5.41, 5.74) is -2.07. The zero-order chi connectivity index (χ0) is 26.2. The van der Waals surface area contributed by atoms with Crippen LogP contribution in [-0.2, 0) is 10.9 Å². The van der Waals surface area contributed by atoms with Gasteiger partial charge in [-0.05, 0) is 60.3 Å². The van der Waals surface area contributed by atoms with Crippen LogP contribution < -0.4 is 9.64 Å². The van der Waals surface area contributed by atoms with Gasteiger partial charge in [-0.25, -0.2) is 19.7 Å². The molecule has 2 heterocycles. The first-order valence-corrected chi connectivity index (χ1v) is 12.4. The highest BCUT2D eigenvalue weighted by molar-refractivity contribution is 9.11. The van der Waals surface area contributed by atoms with Crippen molar-refractivity contribution in [1.82, 2.24) is 9.97 Å². The SMILES string of the molecule is CC(C)(C)OC(=O)N(c1nc(C(F)(F)F)c(Br)s1)c1cccnc1OC1C=CC=CC1C(C)(C)C. The molecule has 0 fully saturated rings. The number of alkyl halides is 3. The molecule has 1 amide bonds. The van der Waals surface area contributed by atoms with Gasteiger partial charge in [-0.15, -0.1) is 0 Å². The van der Waals surface area contributed by atoms with Crippen molar-refractivity contribution in [3.8, 4) is 5.88 Å². The topological polar surface area (TPSA) is 64.5 Å². The Kier molecular flexibility index (Phi) is 7.71. The molecule has 190 valence electrons. The number of aromatic nitrogens is 2. The van der Waals surface area contributed by atoms with Crippen molar-refractivity contribution in [2.24, 2.45) is 11.3 Å². The van der Waals surface area contributed by atoms with E-state index in [1.54, 1.807) is 26.8 Å². The maximum atomic E-state index is 13.5. The van der Waals surface area contributed by atoms with Crippen molar-refractivity contribution >= 4 is 44.2 Å². The van der Waals surface area contributed by atoms with Crippen LogP contribution in [0.5, 0.6) is 5.88 Å². The average molecular weight is 574 g/mol. The minimum absolute atomic E-state index is 0.0110. The third-order valence-corrected chi connectivity index (χ3v) is 6.62. The van der Waals surface area contributed by atoms with E-state index in [2.05, 4.69) is 46.7 Å². The summed E-state index contributed by atoms with van der Waals surface area (Å²) < 4.78 is 51.9. The second kappa shape index (κ2) is 9.93. The first-order valence-electron chi connectivity index (χ1n) is 10.8. The largest absolute Gasteiger partial charge is 0.468 e. The van der Waals surface area contributed by atoms with E-state index in [4.69, 9.17) is 9.47 Å². The molecular formula is C24H27BrF3N3O3S. The molecule has 1 aliphatic rings. The summed E-state index contributed by atoms with van der Waals surface area (Å²) in [5, 5.41) is -0.234. The summed E-state index contributed by atoms with van der Waals surface area (Å²) in [4.78, 5) is 22.2. The maximum absolute atomic E-state index is 13.5. The number of carbonyl (C=O) groups is 1. The minimum atomic E-state index is -4.71. The van der Waals surface area contributed by atoms with E-state index in [9.17, 15) is 18.0 Å². The number of rotatable bonds is 4. The lowest BCUT2D eigenvalue weighted by molar-refractivity contribution is -0.141. The van der Waals surface area contributed by atoms with E-state index in [1.165, 1.54) is 12.3 Å². The number of hydrogen-bond acceptors (Lipinski definition) is 6. The van der Waals surface area contributed by atoms with Crippen molar-refractivity contribution in [2.45, 2.75) is 59.4 Å². The fraction of sp³-hybridized carbons (Fsp3) is 0.458. The quantitative estimate of drug-likeness (QED) is 0.371. The molecule has 35 heavy (non-hydrogen) atoms. The number of hydrogen-bond donors (Lipinski definition) is 0. The van der Waals surface area contributed by atoms with Crippen LogP contribution in [0.3, 0.4) is 0 Å². The van der Waals surface area contributed by atoms with Gasteiger partial charge in [0, 0.05) is 12.1 Å². The molecule has 0 saturated heterocycles. The Balaban J connectivity index is 2.09. The normalized spacial score (nSPS) is 18.5. The predicted molar refractivity (Wildman–Crippen MR) is 133 cm³/mol. The summed E-state index contributed by atoms with van der Waals surface area (Å²) in [6.07, 6.45) is 3.17. The van der Waals surface area contributed by atoms with Crippen LogP contribution in [0.15, 0.2) is 46.4 Å². The summed E-state index contributed by atoms with van der Waals surface area (Å²) in [7, 11) is 0. The maximum Gasteiger partial charge on any atom is 0.435 e. The summed E-state index contributed by atoms with van der Waals surface area (Å²) in [5.74, 6) is 0.0561. The van der Waals surface area contributed by atoms with Gasteiger partial charge in [0.15, 0.2) is 5.69 Å². The fourth-order valence-electron chi connectivity index (χ4n) is 3.40. The Bertz CT molecular complexity index is 1130. The number of allylic oxidation sites excluding steroid dienone is 2. The molecule has 6 nitrogen and oxygen atoms in total. The monoisotopic (exact) mass is 573 g/mol. The zero-order valence-corrected chi connectivity index (χ0v) is 22.6. The number of thiazole rings is 1. The van der Waals surface area contributed by atoms with Gasteiger partial charge in [0.25, 0.3) is 0 Å². The lowest BCUT2D eigenvalue weighted by Crippen LogP contribution is -2.36. The fourth-order valence-corrected chi connectivity index (χ4v) is 4.97. The van der Waals surface area contributed by atoms with Gasteiger partial charge >= 0.3 is 12.3 Å². The van der Waals surface area contributed by atoms with Gasteiger partial charge in [0.1, 0.15) is 21.2 Å². The molecule has 0 N–H and O–H groups in total. The van der Waals surface area contributed by atoms with E-state index in [-0.39, 0.29) is 31.8 Å². The molecule has 0 spiro atoms. The Morgan fingerprint density at radius 2 is 1.77 bits per heavy atom. The number of halogens is 4. The van der Waals surface area contributed by atoms with Crippen molar-refractivity contribution in [2.75, 3.05) is 4.90 Å². The minimum Gasteiger partial charge on any atom is -0.468 e. The Morgan fingerprint density at radius 3 is 2.34 bits per heavy atom. The van der Waals surface area contributed by atoms with Crippen molar-refractivity contribution in [3.63, 3.8) is 0 Å². The standard InChI is InChI=1S/C24H27BrF3N3O3S/c1-22(2,3)14-10-7-8-12-16(14)33-19-15(11-9-13-29-19)31(21(32)34-23(4,5)6)20-30-17(18(25)35-20)24(26,27)28/h7-14,16H,1-6H3. The van der Waals surface area contributed by atoms with E-state index in [1.807, 2.05) is 24.3 Å². The van der Waals surface area contributed by atoms with Crippen LogP contribution in [0.1, 0.15) is 47.2 Å². The molecule has 3 rings (SSSR count). The van der Waals surface area contributed by atoms with Crippen molar-refractivity contribution < 1.29 is 27.4 Å². The third kappa shape index (κ3) is 6.63. The predicted octanol–water partition coefficient (Wildman–Crippen LogP) is 7.93. The summed E-state index contributed by atoms with van der Waals surface area (Å²) >= 11 is 3.59. The smallest absolute Gasteiger partial charge is 0.435 e. The van der Waals surface area contributed by atoms with E-state index in [0.717, 1.165) is 4.90 Å². The Labute approximate surface area is 215 Å². The van der Waals surface area contributed by atoms with Crippen LogP contribution in [-0.4, -0.2) is 27.8 Å². The van der Waals surface area contributed by atoms with Crippen molar-refractivity contribution in [3.05, 3.63) is 52.1 Å².